The van der Waals surface area contributed by atoms with E-state index in [-0.39, 0.29) is 5.91 Å². The van der Waals surface area contributed by atoms with Crippen LogP contribution in [0.4, 0.5) is 5.69 Å². The third-order valence-corrected chi connectivity index (χ3v) is 3.05. The molecule has 0 aliphatic carbocycles. The molecule has 0 aliphatic heterocycles. The first-order valence-corrected chi connectivity index (χ1v) is 6.92. The van der Waals surface area contributed by atoms with Gasteiger partial charge in [0, 0.05) is 16.8 Å². The molecule has 106 valence electrons. The van der Waals surface area contributed by atoms with Crippen molar-refractivity contribution in [3.8, 4) is 11.8 Å². The summed E-state index contributed by atoms with van der Waals surface area (Å²) in [5, 5.41) is 2.78. The van der Waals surface area contributed by atoms with Crippen LogP contribution < -0.4 is 11.1 Å². The second kappa shape index (κ2) is 7.28. The first kappa shape index (κ1) is 14.8. The highest BCUT2D eigenvalue weighted by Crippen LogP contribution is 2.09. The van der Waals surface area contributed by atoms with Crippen molar-refractivity contribution in [3.63, 3.8) is 0 Å². The van der Waals surface area contributed by atoms with Crippen molar-refractivity contribution in [2.24, 2.45) is 5.73 Å². The number of carbonyl (C=O) groups is 1. The molecule has 3 heteroatoms. The molecule has 0 radical (unpaired) electrons. The molecule has 3 N–H and O–H groups in total. The van der Waals surface area contributed by atoms with Crippen molar-refractivity contribution in [2.75, 3.05) is 5.32 Å². The van der Waals surface area contributed by atoms with Gasteiger partial charge in [-0.1, -0.05) is 37.0 Å². The number of anilines is 1. The number of benzene rings is 2. The molecule has 2 aromatic carbocycles. The van der Waals surface area contributed by atoms with Crippen molar-refractivity contribution < 1.29 is 4.79 Å². The van der Waals surface area contributed by atoms with Gasteiger partial charge in [0.1, 0.15) is 0 Å². The minimum atomic E-state index is -0.470. The van der Waals surface area contributed by atoms with E-state index in [1.807, 2.05) is 61.5 Å². The average molecular weight is 278 g/mol. The molecule has 1 amide bonds. The highest BCUT2D eigenvalue weighted by atomic mass is 16.2. The van der Waals surface area contributed by atoms with Crippen LogP contribution in [0.2, 0.25) is 0 Å². The van der Waals surface area contributed by atoms with Crippen molar-refractivity contribution in [2.45, 2.75) is 19.4 Å². The summed E-state index contributed by atoms with van der Waals surface area (Å²) in [5.74, 6) is 6.01. The number of hydrogen-bond acceptors (Lipinski definition) is 2. The van der Waals surface area contributed by atoms with Gasteiger partial charge in [0.25, 0.3) is 0 Å². The summed E-state index contributed by atoms with van der Waals surface area (Å²) in [4.78, 5) is 11.7. The van der Waals surface area contributed by atoms with E-state index in [1.165, 1.54) is 0 Å². The fourth-order valence-electron chi connectivity index (χ4n) is 1.72. The number of hydrogen-bond donors (Lipinski definition) is 2. The first-order valence-electron chi connectivity index (χ1n) is 6.92. The topological polar surface area (TPSA) is 55.1 Å². The molecule has 0 bridgehead atoms. The Morgan fingerprint density at radius 2 is 1.62 bits per heavy atom. The van der Waals surface area contributed by atoms with Crippen LogP contribution in [0.25, 0.3) is 0 Å². The number of nitrogens with two attached hydrogens (primary N) is 1. The molecular formula is C18H18N2O. The van der Waals surface area contributed by atoms with Gasteiger partial charge < -0.3 is 11.1 Å². The maximum Gasteiger partial charge on any atom is 0.241 e. The quantitative estimate of drug-likeness (QED) is 0.848. The molecule has 0 heterocycles. The Labute approximate surface area is 125 Å². The van der Waals surface area contributed by atoms with Crippen molar-refractivity contribution in [1.29, 1.82) is 0 Å². The van der Waals surface area contributed by atoms with Crippen molar-refractivity contribution in [1.82, 2.24) is 0 Å². The van der Waals surface area contributed by atoms with E-state index >= 15 is 0 Å². The van der Waals surface area contributed by atoms with E-state index in [1.54, 1.807) is 0 Å². The zero-order chi connectivity index (χ0) is 15.1. The standard InChI is InChI=1S/C18H18N2O/c1-2-17(19)18(21)20-16-12-10-15(11-13-16)9-8-14-6-4-3-5-7-14/h3-7,10-13,17H,2,19H2,1H3,(H,20,21)/t17-/m1/s1. The van der Waals surface area contributed by atoms with Crippen LogP contribution >= 0.6 is 0 Å². The van der Waals surface area contributed by atoms with Gasteiger partial charge in [0.15, 0.2) is 0 Å². The SMILES string of the molecule is CC[C@@H](N)C(=O)Nc1ccc(C#Cc2ccccc2)cc1. The van der Waals surface area contributed by atoms with Gasteiger partial charge in [-0.2, -0.15) is 0 Å². The lowest BCUT2D eigenvalue weighted by Gasteiger charge is -2.09. The van der Waals surface area contributed by atoms with Gasteiger partial charge in [-0.25, -0.2) is 0 Å². The Kier molecular flexibility index (Phi) is 5.14. The summed E-state index contributed by atoms with van der Waals surface area (Å²) in [6.45, 7) is 1.88. The molecule has 0 saturated carbocycles. The summed E-state index contributed by atoms with van der Waals surface area (Å²) in [7, 11) is 0. The van der Waals surface area contributed by atoms with E-state index in [9.17, 15) is 4.79 Å². The van der Waals surface area contributed by atoms with Crippen LogP contribution in [-0.2, 0) is 4.79 Å². The van der Waals surface area contributed by atoms with Gasteiger partial charge in [0.2, 0.25) is 5.91 Å². The summed E-state index contributed by atoms with van der Waals surface area (Å²) in [5.41, 5.74) is 8.28. The van der Waals surface area contributed by atoms with Gasteiger partial charge in [-0.3, -0.25) is 4.79 Å². The molecule has 2 rings (SSSR count). The van der Waals surface area contributed by atoms with Crippen LogP contribution in [0.5, 0.6) is 0 Å². The number of rotatable bonds is 3. The second-order valence-electron chi connectivity index (χ2n) is 4.70. The third-order valence-electron chi connectivity index (χ3n) is 3.05. The molecule has 0 saturated heterocycles. The predicted molar refractivity (Wildman–Crippen MR) is 85.8 cm³/mol. The summed E-state index contributed by atoms with van der Waals surface area (Å²) >= 11 is 0. The lowest BCUT2D eigenvalue weighted by molar-refractivity contribution is -0.117. The zero-order valence-corrected chi connectivity index (χ0v) is 12.0. The fourth-order valence-corrected chi connectivity index (χ4v) is 1.72. The highest BCUT2D eigenvalue weighted by molar-refractivity contribution is 5.94. The van der Waals surface area contributed by atoms with E-state index in [0.29, 0.717) is 6.42 Å². The third kappa shape index (κ3) is 4.48. The minimum absolute atomic E-state index is 0.166. The van der Waals surface area contributed by atoms with E-state index < -0.39 is 6.04 Å². The van der Waals surface area contributed by atoms with Gasteiger partial charge >= 0.3 is 0 Å². The second-order valence-corrected chi connectivity index (χ2v) is 4.70. The van der Waals surface area contributed by atoms with Crippen LogP contribution in [0, 0.1) is 11.8 Å². The molecule has 0 unspecified atom stereocenters. The monoisotopic (exact) mass is 278 g/mol. The zero-order valence-electron chi connectivity index (χ0n) is 12.0. The smallest absolute Gasteiger partial charge is 0.241 e. The van der Waals surface area contributed by atoms with Gasteiger partial charge in [-0.05, 0) is 42.8 Å². The van der Waals surface area contributed by atoms with Crippen LogP contribution in [0.1, 0.15) is 24.5 Å². The van der Waals surface area contributed by atoms with Crippen LogP contribution in [0.3, 0.4) is 0 Å². The van der Waals surface area contributed by atoms with Gasteiger partial charge in [-0.15, -0.1) is 0 Å². The highest BCUT2D eigenvalue weighted by Gasteiger charge is 2.10. The molecule has 21 heavy (non-hydrogen) atoms. The largest absolute Gasteiger partial charge is 0.325 e. The predicted octanol–water partition coefficient (Wildman–Crippen LogP) is 2.76. The maximum atomic E-state index is 11.7. The molecule has 0 spiro atoms. The number of nitrogens with one attached hydrogen (secondary N) is 1. The van der Waals surface area contributed by atoms with Crippen LogP contribution in [0.15, 0.2) is 54.6 Å². The summed E-state index contributed by atoms with van der Waals surface area (Å²) in [6, 6.07) is 16.8. The molecule has 0 aliphatic rings. The Morgan fingerprint density at radius 1 is 1.05 bits per heavy atom. The molecule has 3 nitrogen and oxygen atoms in total. The Morgan fingerprint density at radius 3 is 2.19 bits per heavy atom. The number of carbonyl (C=O) groups excluding carboxylic acids is 1. The minimum Gasteiger partial charge on any atom is -0.325 e. The van der Waals surface area contributed by atoms with Crippen LogP contribution in [-0.4, -0.2) is 11.9 Å². The lowest BCUT2D eigenvalue weighted by Crippen LogP contribution is -2.34. The fraction of sp³-hybridized carbons (Fsp3) is 0.167. The Bertz CT molecular complexity index is 651. The first-order chi connectivity index (χ1) is 10.2. The molecule has 2 aromatic rings. The maximum absolute atomic E-state index is 11.7. The van der Waals surface area contributed by atoms with E-state index in [4.69, 9.17) is 5.73 Å². The van der Waals surface area contributed by atoms with E-state index in [2.05, 4.69) is 17.2 Å². The normalized spacial score (nSPS) is 11.1. The number of amides is 1. The van der Waals surface area contributed by atoms with Gasteiger partial charge in [0.05, 0.1) is 6.04 Å². The molecule has 0 aromatic heterocycles. The molecule has 1 atom stereocenters. The van der Waals surface area contributed by atoms with Crippen molar-refractivity contribution in [3.05, 3.63) is 65.7 Å². The summed E-state index contributed by atoms with van der Waals surface area (Å²) in [6.07, 6.45) is 0.618. The Balaban J connectivity index is 2.03. The summed E-state index contributed by atoms with van der Waals surface area (Å²) < 4.78 is 0. The molecular weight excluding hydrogens is 260 g/mol. The molecule has 0 fully saturated rings. The lowest BCUT2D eigenvalue weighted by atomic mass is 10.1. The van der Waals surface area contributed by atoms with E-state index in [0.717, 1.165) is 16.8 Å². The Hall–Kier alpha value is -2.57. The van der Waals surface area contributed by atoms with Crippen molar-refractivity contribution >= 4 is 11.6 Å². The average Bonchev–Trinajstić information content (AvgIpc) is 2.54.